The number of carbonyl (C=O) groups is 2. The summed E-state index contributed by atoms with van der Waals surface area (Å²) >= 11 is 3.20. The van der Waals surface area contributed by atoms with Crippen LogP contribution in [0.5, 0.6) is 0 Å². The lowest BCUT2D eigenvalue weighted by molar-refractivity contribution is -0.129. The second-order valence-corrected chi connectivity index (χ2v) is 6.56. The number of carbonyl (C=O) groups excluding carboxylic acids is 2. The van der Waals surface area contributed by atoms with E-state index in [0.717, 1.165) is 13.0 Å². The highest BCUT2D eigenvalue weighted by molar-refractivity contribution is 9.10. The summed E-state index contributed by atoms with van der Waals surface area (Å²) < 4.78 is 14.4. The van der Waals surface area contributed by atoms with Gasteiger partial charge in [0.25, 0.3) is 0 Å². The van der Waals surface area contributed by atoms with Crippen molar-refractivity contribution in [2.24, 2.45) is 0 Å². The van der Waals surface area contributed by atoms with Gasteiger partial charge >= 0.3 is 0 Å². The Balaban J connectivity index is 1.76. The molecule has 0 spiro atoms. The Labute approximate surface area is 138 Å². The first kappa shape index (κ1) is 16.9. The van der Waals surface area contributed by atoms with Crippen LogP contribution in [-0.4, -0.2) is 35.8 Å². The molecular formula is C16H20BrFN2O2. The molecule has 0 bridgehead atoms. The van der Waals surface area contributed by atoms with Crippen molar-refractivity contribution in [2.45, 2.75) is 38.6 Å². The van der Waals surface area contributed by atoms with Gasteiger partial charge in [-0.05, 0) is 37.5 Å². The Bertz CT molecular complexity index is 565. The highest BCUT2D eigenvalue weighted by Crippen LogP contribution is 2.16. The third kappa shape index (κ3) is 4.80. The van der Waals surface area contributed by atoms with E-state index in [0.29, 0.717) is 29.4 Å². The lowest BCUT2D eigenvalue weighted by Gasteiger charge is -2.21. The van der Waals surface area contributed by atoms with Crippen molar-refractivity contribution < 1.29 is 14.0 Å². The van der Waals surface area contributed by atoms with Crippen LogP contribution in [-0.2, 0) is 16.0 Å². The van der Waals surface area contributed by atoms with Gasteiger partial charge in [-0.2, -0.15) is 0 Å². The molecule has 1 aromatic carbocycles. The van der Waals surface area contributed by atoms with Gasteiger partial charge in [0, 0.05) is 36.4 Å². The van der Waals surface area contributed by atoms with Crippen LogP contribution in [0.2, 0.25) is 0 Å². The number of hydrogen-bond donors (Lipinski definition) is 1. The molecule has 120 valence electrons. The van der Waals surface area contributed by atoms with E-state index in [2.05, 4.69) is 21.2 Å². The van der Waals surface area contributed by atoms with Gasteiger partial charge in [0.15, 0.2) is 0 Å². The van der Waals surface area contributed by atoms with E-state index in [9.17, 15) is 14.0 Å². The zero-order chi connectivity index (χ0) is 16.1. The van der Waals surface area contributed by atoms with Crippen LogP contribution >= 0.6 is 15.9 Å². The van der Waals surface area contributed by atoms with Crippen LogP contribution in [0.4, 0.5) is 4.39 Å². The van der Waals surface area contributed by atoms with E-state index in [1.807, 2.05) is 6.92 Å². The smallest absolute Gasteiger partial charge is 0.222 e. The fraction of sp³-hybridized carbons (Fsp3) is 0.500. The monoisotopic (exact) mass is 370 g/mol. The van der Waals surface area contributed by atoms with Crippen molar-refractivity contribution in [3.05, 3.63) is 34.1 Å². The van der Waals surface area contributed by atoms with E-state index in [1.54, 1.807) is 17.0 Å². The number of amides is 2. The van der Waals surface area contributed by atoms with E-state index >= 15 is 0 Å². The summed E-state index contributed by atoms with van der Waals surface area (Å²) in [7, 11) is 0. The molecule has 6 heteroatoms. The first-order valence-corrected chi connectivity index (χ1v) is 8.26. The minimum absolute atomic E-state index is 0.0932. The first-order valence-electron chi connectivity index (χ1n) is 7.47. The molecule has 0 aliphatic carbocycles. The Morgan fingerprint density at radius 1 is 1.50 bits per heavy atom. The summed E-state index contributed by atoms with van der Waals surface area (Å²) in [6.45, 7) is 3.18. The van der Waals surface area contributed by atoms with Gasteiger partial charge in [0.05, 0.1) is 0 Å². The average molecular weight is 371 g/mol. The summed E-state index contributed by atoms with van der Waals surface area (Å²) in [4.78, 5) is 25.2. The zero-order valence-corrected chi connectivity index (χ0v) is 14.2. The number of hydrogen-bond acceptors (Lipinski definition) is 2. The fourth-order valence-electron chi connectivity index (χ4n) is 2.59. The lowest BCUT2D eigenvalue weighted by atomic mass is 10.1. The molecule has 1 fully saturated rings. The first-order chi connectivity index (χ1) is 10.5. The van der Waals surface area contributed by atoms with E-state index < -0.39 is 0 Å². The predicted molar refractivity (Wildman–Crippen MR) is 85.8 cm³/mol. The summed E-state index contributed by atoms with van der Waals surface area (Å²) in [5, 5.41) is 2.86. The van der Waals surface area contributed by atoms with Crippen LogP contribution in [0, 0.1) is 5.82 Å². The molecule has 1 aromatic rings. The van der Waals surface area contributed by atoms with Gasteiger partial charge in [-0.15, -0.1) is 0 Å². The highest BCUT2D eigenvalue weighted by Gasteiger charge is 2.22. The summed E-state index contributed by atoms with van der Waals surface area (Å²) in [6, 6.07) is 4.75. The Morgan fingerprint density at radius 2 is 2.27 bits per heavy atom. The molecule has 0 radical (unpaired) electrons. The SMILES string of the molecule is C[C@H](CN1CCCC1=O)NC(=O)CCc1ccc(Br)cc1F. The number of nitrogens with zero attached hydrogens (tertiary/aromatic N) is 1. The predicted octanol–water partition coefficient (Wildman–Crippen LogP) is 2.65. The molecule has 2 rings (SSSR count). The van der Waals surface area contributed by atoms with Crippen LogP contribution in [0.25, 0.3) is 0 Å². The molecular weight excluding hydrogens is 351 g/mol. The third-order valence-electron chi connectivity index (χ3n) is 3.71. The standard InChI is InChI=1S/C16H20BrFN2O2/c1-11(10-20-8-2-3-16(20)22)19-15(21)7-5-12-4-6-13(17)9-14(12)18/h4,6,9,11H,2-3,5,7-8,10H2,1H3,(H,19,21)/t11-/m1/s1. The molecule has 22 heavy (non-hydrogen) atoms. The number of likely N-dealkylation sites (tertiary alicyclic amines) is 1. The molecule has 1 aliphatic rings. The molecule has 0 aromatic heterocycles. The van der Waals surface area contributed by atoms with Gasteiger partial charge in [0.1, 0.15) is 5.82 Å². The lowest BCUT2D eigenvalue weighted by Crippen LogP contribution is -2.42. The molecule has 1 heterocycles. The maximum atomic E-state index is 13.7. The quantitative estimate of drug-likeness (QED) is 0.836. The van der Waals surface area contributed by atoms with Crippen molar-refractivity contribution >= 4 is 27.7 Å². The molecule has 4 nitrogen and oxygen atoms in total. The number of aryl methyl sites for hydroxylation is 1. The summed E-state index contributed by atoms with van der Waals surface area (Å²) in [5.41, 5.74) is 0.528. The number of benzene rings is 1. The van der Waals surface area contributed by atoms with Crippen molar-refractivity contribution in [3.63, 3.8) is 0 Å². The molecule has 0 saturated carbocycles. The van der Waals surface area contributed by atoms with Crippen LogP contribution in [0.3, 0.4) is 0 Å². The van der Waals surface area contributed by atoms with E-state index in [1.165, 1.54) is 6.07 Å². The number of halogens is 2. The zero-order valence-electron chi connectivity index (χ0n) is 12.6. The second kappa shape index (κ2) is 7.72. The third-order valence-corrected chi connectivity index (χ3v) is 4.20. The maximum Gasteiger partial charge on any atom is 0.222 e. The normalized spacial score (nSPS) is 16.0. The minimum atomic E-state index is -0.308. The van der Waals surface area contributed by atoms with Crippen LogP contribution in [0.1, 0.15) is 31.7 Å². The maximum absolute atomic E-state index is 13.7. The van der Waals surface area contributed by atoms with Gasteiger partial charge < -0.3 is 10.2 Å². The average Bonchev–Trinajstić information content (AvgIpc) is 2.83. The van der Waals surface area contributed by atoms with E-state index in [-0.39, 0.29) is 30.1 Å². The molecule has 2 amide bonds. The van der Waals surface area contributed by atoms with Gasteiger partial charge in [-0.25, -0.2) is 4.39 Å². The fourth-order valence-corrected chi connectivity index (χ4v) is 2.93. The number of rotatable bonds is 6. The number of nitrogens with one attached hydrogen (secondary N) is 1. The Kier molecular flexibility index (Phi) is 5.94. The van der Waals surface area contributed by atoms with Crippen molar-refractivity contribution in [2.75, 3.05) is 13.1 Å². The molecule has 1 atom stereocenters. The molecule has 1 aliphatic heterocycles. The molecule has 0 unspecified atom stereocenters. The summed E-state index contributed by atoms with van der Waals surface area (Å²) in [6.07, 6.45) is 2.09. The topological polar surface area (TPSA) is 49.4 Å². The highest BCUT2D eigenvalue weighted by atomic mass is 79.9. The molecule has 1 N–H and O–H groups in total. The van der Waals surface area contributed by atoms with Gasteiger partial charge in [-0.1, -0.05) is 22.0 Å². The van der Waals surface area contributed by atoms with Crippen LogP contribution < -0.4 is 5.32 Å². The van der Waals surface area contributed by atoms with Gasteiger partial charge in [0.2, 0.25) is 11.8 Å². The Hall–Kier alpha value is -1.43. The van der Waals surface area contributed by atoms with E-state index in [4.69, 9.17) is 0 Å². The second-order valence-electron chi connectivity index (χ2n) is 5.65. The van der Waals surface area contributed by atoms with Crippen LogP contribution in [0.15, 0.2) is 22.7 Å². The largest absolute Gasteiger partial charge is 0.352 e. The Morgan fingerprint density at radius 3 is 2.91 bits per heavy atom. The van der Waals surface area contributed by atoms with Crippen molar-refractivity contribution in [1.82, 2.24) is 10.2 Å². The van der Waals surface area contributed by atoms with Gasteiger partial charge in [-0.3, -0.25) is 9.59 Å². The molecule has 1 saturated heterocycles. The van der Waals surface area contributed by atoms with Crippen molar-refractivity contribution in [1.29, 1.82) is 0 Å². The van der Waals surface area contributed by atoms with Crippen molar-refractivity contribution in [3.8, 4) is 0 Å². The minimum Gasteiger partial charge on any atom is -0.352 e. The summed E-state index contributed by atoms with van der Waals surface area (Å²) in [5.74, 6) is -0.280.